The first-order chi connectivity index (χ1) is 13.0. The molecular weight excluding hydrogens is 360 g/mol. The largest absolute Gasteiger partial charge is 0.460 e. The van der Waals surface area contributed by atoms with Gasteiger partial charge in [0.1, 0.15) is 38.1 Å². The fourth-order valence-electron chi connectivity index (χ4n) is 1.19. The molecule has 0 aromatic carbocycles. The van der Waals surface area contributed by atoms with Crippen LogP contribution in [0.2, 0.25) is 0 Å². The van der Waals surface area contributed by atoms with Crippen LogP contribution >= 0.6 is 0 Å². The lowest BCUT2D eigenvalue weighted by Crippen LogP contribution is -2.06. The Balaban J connectivity index is 0.000000202. The topological polar surface area (TPSA) is 116 Å². The summed E-state index contributed by atoms with van der Waals surface area (Å²) in [5, 5.41) is 0. The Morgan fingerprint density at radius 3 is 1.04 bits per heavy atom. The summed E-state index contributed by atoms with van der Waals surface area (Å²) >= 11 is 0. The van der Waals surface area contributed by atoms with Crippen LogP contribution in [-0.2, 0) is 42.8 Å². The van der Waals surface area contributed by atoms with Crippen LogP contribution in [0.5, 0.6) is 0 Å². The van der Waals surface area contributed by atoms with Gasteiger partial charge >= 0.3 is 17.9 Å². The summed E-state index contributed by atoms with van der Waals surface area (Å²) in [4.78, 5) is 31.0. The molecular formula is C18H24O9. The predicted octanol–water partition coefficient (Wildman–Crippen LogP) is 0.343. The van der Waals surface area contributed by atoms with E-state index >= 15 is 0 Å². The zero-order chi connectivity index (χ0) is 20.1. The highest BCUT2D eigenvalue weighted by atomic mass is 16.6. The maximum Gasteiger partial charge on any atom is 0.330 e. The molecule has 150 valence electrons. The van der Waals surface area contributed by atoms with E-state index in [4.69, 9.17) is 14.2 Å². The molecule has 0 bridgehead atoms. The zero-order valence-electron chi connectivity index (χ0n) is 15.0. The Morgan fingerprint density at radius 1 is 0.667 bits per heavy atom. The fourth-order valence-corrected chi connectivity index (χ4v) is 1.19. The lowest BCUT2D eigenvalue weighted by molar-refractivity contribution is -0.139. The number of rotatable bonds is 9. The smallest absolute Gasteiger partial charge is 0.330 e. The third-order valence-electron chi connectivity index (χ3n) is 2.94. The van der Waals surface area contributed by atoms with Gasteiger partial charge in [0.25, 0.3) is 0 Å². The number of esters is 3. The maximum atomic E-state index is 10.3. The Morgan fingerprint density at radius 2 is 0.889 bits per heavy atom. The van der Waals surface area contributed by atoms with Crippen LogP contribution in [-0.4, -0.2) is 75.9 Å². The molecule has 0 amide bonds. The van der Waals surface area contributed by atoms with Crippen molar-refractivity contribution in [2.75, 3.05) is 39.6 Å². The van der Waals surface area contributed by atoms with Crippen molar-refractivity contribution in [1.29, 1.82) is 0 Å². The minimum Gasteiger partial charge on any atom is -0.460 e. The van der Waals surface area contributed by atoms with Crippen molar-refractivity contribution >= 4 is 17.9 Å². The van der Waals surface area contributed by atoms with Crippen molar-refractivity contribution in [1.82, 2.24) is 0 Å². The summed E-state index contributed by atoms with van der Waals surface area (Å²) in [6.07, 6.45) is 3.87. The second-order valence-corrected chi connectivity index (χ2v) is 5.37. The van der Waals surface area contributed by atoms with Crippen molar-refractivity contribution < 1.29 is 42.8 Å². The zero-order valence-corrected chi connectivity index (χ0v) is 15.0. The standard InChI is InChI=1S/3C6H8O3/c3*1-2-6(7)9-4-5-3-8-5/h3*2,5H,1,3-4H2. The Labute approximate surface area is 157 Å². The molecule has 3 saturated heterocycles. The van der Waals surface area contributed by atoms with Crippen molar-refractivity contribution in [2.24, 2.45) is 0 Å². The number of epoxide rings is 3. The van der Waals surface area contributed by atoms with Gasteiger partial charge in [-0.1, -0.05) is 19.7 Å². The van der Waals surface area contributed by atoms with E-state index in [-0.39, 0.29) is 36.2 Å². The van der Waals surface area contributed by atoms with Gasteiger partial charge in [-0.2, -0.15) is 0 Å². The number of ether oxygens (including phenoxy) is 6. The molecule has 27 heavy (non-hydrogen) atoms. The lowest BCUT2D eigenvalue weighted by atomic mass is 10.5. The van der Waals surface area contributed by atoms with E-state index in [0.29, 0.717) is 39.6 Å². The van der Waals surface area contributed by atoms with Gasteiger partial charge in [0.2, 0.25) is 0 Å². The van der Waals surface area contributed by atoms with Crippen LogP contribution in [0, 0.1) is 0 Å². The average molecular weight is 384 g/mol. The molecule has 3 atom stereocenters. The van der Waals surface area contributed by atoms with Crippen LogP contribution in [0.4, 0.5) is 0 Å². The molecule has 9 nitrogen and oxygen atoms in total. The van der Waals surface area contributed by atoms with Crippen molar-refractivity contribution in [3.8, 4) is 0 Å². The van der Waals surface area contributed by atoms with Crippen molar-refractivity contribution in [2.45, 2.75) is 18.3 Å². The van der Waals surface area contributed by atoms with Crippen LogP contribution in [0.1, 0.15) is 0 Å². The van der Waals surface area contributed by atoms with Crippen LogP contribution in [0.3, 0.4) is 0 Å². The van der Waals surface area contributed by atoms with E-state index < -0.39 is 0 Å². The molecule has 3 fully saturated rings. The first kappa shape index (κ1) is 22.6. The van der Waals surface area contributed by atoms with Gasteiger partial charge in [0.05, 0.1) is 19.8 Å². The average Bonchev–Trinajstić information content (AvgIpc) is 3.52. The molecule has 3 unspecified atom stereocenters. The Kier molecular flexibility index (Phi) is 10.7. The monoisotopic (exact) mass is 384 g/mol. The third kappa shape index (κ3) is 14.4. The van der Waals surface area contributed by atoms with Gasteiger partial charge in [0.15, 0.2) is 0 Å². The van der Waals surface area contributed by atoms with E-state index in [1.165, 1.54) is 0 Å². The molecule has 0 N–H and O–H groups in total. The Hall–Kier alpha value is -2.49. The molecule has 0 aliphatic carbocycles. The third-order valence-corrected chi connectivity index (χ3v) is 2.94. The minimum atomic E-state index is -0.384. The quantitative estimate of drug-likeness (QED) is 0.240. The molecule has 0 radical (unpaired) electrons. The molecule has 0 spiro atoms. The second-order valence-electron chi connectivity index (χ2n) is 5.37. The summed E-state index contributed by atoms with van der Waals surface area (Å²) in [7, 11) is 0. The van der Waals surface area contributed by atoms with Crippen LogP contribution < -0.4 is 0 Å². The number of carbonyl (C=O) groups is 3. The van der Waals surface area contributed by atoms with Crippen molar-refractivity contribution in [3.05, 3.63) is 38.0 Å². The minimum absolute atomic E-state index is 0.147. The summed E-state index contributed by atoms with van der Waals surface area (Å²) in [5.74, 6) is -1.15. The molecule has 3 rings (SSSR count). The molecule has 3 aliphatic rings. The highest BCUT2D eigenvalue weighted by Gasteiger charge is 2.24. The lowest BCUT2D eigenvalue weighted by Gasteiger charge is -1.94. The predicted molar refractivity (Wildman–Crippen MR) is 92.7 cm³/mol. The van der Waals surface area contributed by atoms with Gasteiger partial charge < -0.3 is 28.4 Å². The van der Waals surface area contributed by atoms with Gasteiger partial charge in [-0.15, -0.1) is 0 Å². The second kappa shape index (κ2) is 12.8. The molecule has 3 heterocycles. The molecule has 0 saturated carbocycles. The van der Waals surface area contributed by atoms with E-state index in [1.807, 2.05) is 0 Å². The number of hydrogen-bond acceptors (Lipinski definition) is 9. The van der Waals surface area contributed by atoms with Gasteiger partial charge in [0, 0.05) is 18.2 Å². The van der Waals surface area contributed by atoms with E-state index in [1.54, 1.807) is 0 Å². The number of hydrogen-bond donors (Lipinski definition) is 0. The molecule has 0 aromatic heterocycles. The van der Waals surface area contributed by atoms with Crippen LogP contribution in [0.25, 0.3) is 0 Å². The highest BCUT2D eigenvalue weighted by Crippen LogP contribution is 2.09. The highest BCUT2D eigenvalue weighted by molar-refractivity contribution is 5.81. The van der Waals surface area contributed by atoms with E-state index in [9.17, 15) is 14.4 Å². The van der Waals surface area contributed by atoms with Gasteiger partial charge in [-0.25, -0.2) is 14.4 Å². The van der Waals surface area contributed by atoms with E-state index in [0.717, 1.165) is 18.2 Å². The summed E-state index contributed by atoms with van der Waals surface area (Å²) in [6.45, 7) is 13.0. The molecule has 9 heteroatoms. The summed E-state index contributed by atoms with van der Waals surface area (Å²) in [5.41, 5.74) is 0. The number of carbonyl (C=O) groups excluding carboxylic acids is 3. The molecule has 0 aromatic rings. The Bertz CT molecular complexity index is 455. The van der Waals surface area contributed by atoms with Crippen LogP contribution in [0.15, 0.2) is 38.0 Å². The fraction of sp³-hybridized carbons (Fsp3) is 0.500. The normalized spacial score (nSPS) is 22.9. The first-order valence-corrected chi connectivity index (χ1v) is 8.20. The van der Waals surface area contributed by atoms with Gasteiger partial charge in [-0.3, -0.25) is 0 Å². The summed E-state index contributed by atoms with van der Waals surface area (Å²) in [6, 6.07) is 0. The van der Waals surface area contributed by atoms with Gasteiger partial charge in [-0.05, 0) is 0 Å². The van der Waals surface area contributed by atoms with Crippen molar-refractivity contribution in [3.63, 3.8) is 0 Å². The van der Waals surface area contributed by atoms with E-state index in [2.05, 4.69) is 33.9 Å². The maximum absolute atomic E-state index is 10.3. The SMILES string of the molecule is C=CC(=O)OCC1CO1.C=CC(=O)OCC1CO1.C=CC(=O)OCC1CO1. The first-order valence-electron chi connectivity index (χ1n) is 8.20. The molecule has 3 aliphatic heterocycles. The summed E-state index contributed by atoms with van der Waals surface area (Å²) < 4.78 is 28.3.